The molecule has 4 N–H and O–H groups in total. The van der Waals surface area contributed by atoms with Gasteiger partial charge in [-0.2, -0.15) is 0 Å². The van der Waals surface area contributed by atoms with E-state index < -0.39 is 0 Å². The Hall–Kier alpha value is -3.38. The highest BCUT2D eigenvalue weighted by Crippen LogP contribution is 2.30. The van der Waals surface area contributed by atoms with Crippen LogP contribution >= 0.6 is 11.6 Å². The van der Waals surface area contributed by atoms with E-state index >= 15 is 0 Å². The highest BCUT2D eigenvalue weighted by Gasteiger charge is 2.10. The van der Waals surface area contributed by atoms with Crippen LogP contribution in [0.2, 0.25) is 5.02 Å². The number of benzene rings is 2. The molecule has 0 aliphatic heterocycles. The minimum Gasteiger partial charge on any atom is -0.393 e. The maximum atomic E-state index is 6.26. The molecule has 0 amide bonds. The number of pyridine rings is 1. The van der Waals surface area contributed by atoms with Gasteiger partial charge in [0.1, 0.15) is 12.0 Å². The Morgan fingerprint density at radius 2 is 1.58 bits per heavy atom. The first-order chi connectivity index (χ1) is 12.7. The number of fused-ring (bicyclic) bond motifs is 1. The van der Waals surface area contributed by atoms with Gasteiger partial charge in [0.05, 0.1) is 5.52 Å². The lowest BCUT2D eigenvalue weighted by Crippen LogP contribution is -2.05. The number of hydrogen-bond acceptors (Lipinski definition) is 6. The van der Waals surface area contributed by atoms with Gasteiger partial charge in [0.25, 0.3) is 0 Å². The summed E-state index contributed by atoms with van der Waals surface area (Å²) in [5.74, 6) is 1.04. The van der Waals surface area contributed by atoms with Crippen LogP contribution in [0, 0.1) is 0 Å². The summed E-state index contributed by atoms with van der Waals surface area (Å²) in [6, 6.07) is 17.0. The second kappa shape index (κ2) is 6.85. The Morgan fingerprint density at radius 1 is 0.808 bits per heavy atom. The number of rotatable bonds is 4. The fourth-order valence-corrected chi connectivity index (χ4v) is 2.73. The van der Waals surface area contributed by atoms with Gasteiger partial charge in [0.2, 0.25) is 0 Å². The highest BCUT2D eigenvalue weighted by molar-refractivity contribution is 6.30. The zero-order chi connectivity index (χ0) is 17.9. The molecule has 0 unspecified atom stereocenters. The van der Waals surface area contributed by atoms with Crippen LogP contribution < -0.4 is 16.4 Å². The summed E-state index contributed by atoms with van der Waals surface area (Å²) in [7, 11) is 0. The van der Waals surface area contributed by atoms with Crippen LogP contribution in [0.5, 0.6) is 0 Å². The molecule has 0 radical (unpaired) electrons. The molecule has 0 spiro atoms. The van der Waals surface area contributed by atoms with Crippen LogP contribution in [0.25, 0.3) is 10.9 Å². The van der Waals surface area contributed by atoms with Crippen molar-refractivity contribution in [3.63, 3.8) is 0 Å². The van der Waals surface area contributed by atoms with Crippen LogP contribution in [0.1, 0.15) is 0 Å². The second-order valence-corrected chi connectivity index (χ2v) is 6.05. The molecule has 7 heteroatoms. The molecule has 0 bridgehead atoms. The van der Waals surface area contributed by atoms with E-state index in [2.05, 4.69) is 25.6 Å². The van der Waals surface area contributed by atoms with E-state index in [0.717, 1.165) is 22.3 Å². The van der Waals surface area contributed by atoms with Crippen molar-refractivity contribution in [3.8, 4) is 0 Å². The third kappa shape index (κ3) is 3.22. The summed E-state index contributed by atoms with van der Waals surface area (Å²) in [5.41, 5.74) is 9.28. The van der Waals surface area contributed by atoms with Crippen molar-refractivity contribution >= 4 is 51.2 Å². The van der Waals surface area contributed by atoms with Crippen molar-refractivity contribution in [3.05, 3.63) is 72.1 Å². The minimum atomic E-state index is 0.420. The highest BCUT2D eigenvalue weighted by atomic mass is 35.5. The van der Waals surface area contributed by atoms with E-state index in [1.807, 2.05) is 42.5 Å². The number of nitrogens with one attached hydrogen (secondary N) is 2. The Labute approximate surface area is 155 Å². The van der Waals surface area contributed by atoms with E-state index in [9.17, 15) is 0 Å². The molecular weight excluding hydrogens is 348 g/mol. The molecule has 128 valence electrons. The summed E-state index contributed by atoms with van der Waals surface area (Å²) in [6.07, 6.45) is 3.22. The van der Waals surface area contributed by atoms with Crippen LogP contribution in [-0.4, -0.2) is 15.0 Å². The van der Waals surface area contributed by atoms with Gasteiger partial charge in [-0.05, 0) is 48.5 Å². The summed E-state index contributed by atoms with van der Waals surface area (Å²) in [5, 5.41) is 8.10. The van der Waals surface area contributed by atoms with Crippen molar-refractivity contribution < 1.29 is 0 Å². The summed E-state index contributed by atoms with van der Waals surface area (Å²) < 4.78 is 0. The second-order valence-electron chi connectivity index (χ2n) is 5.62. The van der Waals surface area contributed by atoms with Crippen LogP contribution in [0.3, 0.4) is 0 Å². The van der Waals surface area contributed by atoms with Gasteiger partial charge in [0.15, 0.2) is 11.6 Å². The minimum absolute atomic E-state index is 0.420. The Bertz CT molecular complexity index is 1060. The van der Waals surface area contributed by atoms with E-state index in [0.29, 0.717) is 22.3 Å². The zero-order valence-electron chi connectivity index (χ0n) is 13.6. The molecule has 0 atom stereocenters. The van der Waals surface area contributed by atoms with Crippen molar-refractivity contribution in [2.75, 3.05) is 16.4 Å². The molecule has 0 fully saturated rings. The fraction of sp³-hybridized carbons (Fsp3) is 0. The number of aromatic nitrogens is 3. The third-order valence-electron chi connectivity index (χ3n) is 3.89. The lowest BCUT2D eigenvalue weighted by molar-refractivity contribution is 1.17. The quantitative estimate of drug-likeness (QED) is 0.485. The molecule has 0 saturated heterocycles. The number of nitrogens with two attached hydrogens (primary N) is 1. The van der Waals surface area contributed by atoms with Crippen molar-refractivity contribution in [1.29, 1.82) is 0 Å². The Kier molecular flexibility index (Phi) is 4.25. The average Bonchev–Trinajstić information content (AvgIpc) is 2.67. The molecule has 2 aromatic carbocycles. The third-order valence-corrected chi connectivity index (χ3v) is 4.14. The molecule has 6 nitrogen and oxygen atoms in total. The molecule has 26 heavy (non-hydrogen) atoms. The van der Waals surface area contributed by atoms with E-state index in [1.54, 1.807) is 18.3 Å². The molecule has 2 heterocycles. The van der Waals surface area contributed by atoms with E-state index in [4.69, 9.17) is 17.3 Å². The maximum Gasteiger partial charge on any atom is 0.159 e. The SMILES string of the molecule is Nc1c(Nc2ccc(Cl)cc2)ncnc1Nc1cccc2ncccc12. The number of nitrogens with zero attached hydrogens (tertiary/aromatic N) is 3. The molecule has 0 aliphatic carbocycles. The van der Waals surface area contributed by atoms with Crippen LogP contribution in [-0.2, 0) is 0 Å². The van der Waals surface area contributed by atoms with E-state index in [1.165, 1.54) is 6.33 Å². The van der Waals surface area contributed by atoms with Crippen molar-refractivity contribution in [1.82, 2.24) is 15.0 Å². The largest absolute Gasteiger partial charge is 0.393 e. The summed E-state index contributed by atoms with van der Waals surface area (Å²) >= 11 is 5.92. The molecular formula is C19H15ClN6. The van der Waals surface area contributed by atoms with Gasteiger partial charge < -0.3 is 16.4 Å². The van der Waals surface area contributed by atoms with Crippen LogP contribution in [0.4, 0.5) is 28.7 Å². The lowest BCUT2D eigenvalue weighted by Gasteiger charge is -2.13. The maximum absolute atomic E-state index is 6.26. The standard InChI is InChI=1S/C19H15ClN6/c20-12-6-8-13(9-7-12)25-18-17(21)19(24-11-23-18)26-16-5-1-4-15-14(16)3-2-10-22-15/h1-11H,21H2,(H2,23,24,25,26). The van der Waals surface area contributed by atoms with Gasteiger partial charge in [-0.3, -0.25) is 4.98 Å². The molecule has 2 aromatic heterocycles. The first-order valence-electron chi connectivity index (χ1n) is 7.94. The van der Waals surface area contributed by atoms with E-state index in [-0.39, 0.29) is 0 Å². The predicted octanol–water partition coefficient (Wildman–Crippen LogP) is 4.75. The van der Waals surface area contributed by atoms with Gasteiger partial charge in [-0.15, -0.1) is 0 Å². The van der Waals surface area contributed by atoms with Crippen LogP contribution in [0.15, 0.2) is 67.1 Å². The number of anilines is 5. The molecule has 0 saturated carbocycles. The zero-order valence-corrected chi connectivity index (χ0v) is 14.4. The van der Waals surface area contributed by atoms with Crippen molar-refractivity contribution in [2.24, 2.45) is 0 Å². The lowest BCUT2D eigenvalue weighted by atomic mass is 10.2. The van der Waals surface area contributed by atoms with Gasteiger partial charge in [-0.1, -0.05) is 17.7 Å². The first kappa shape index (κ1) is 16.1. The number of halogens is 1. The van der Waals surface area contributed by atoms with Gasteiger partial charge in [0, 0.05) is 28.0 Å². The molecule has 0 aliphatic rings. The first-order valence-corrected chi connectivity index (χ1v) is 8.32. The summed E-state index contributed by atoms with van der Waals surface area (Å²) in [4.78, 5) is 12.9. The fourth-order valence-electron chi connectivity index (χ4n) is 2.60. The Balaban J connectivity index is 1.66. The topological polar surface area (TPSA) is 88.8 Å². The van der Waals surface area contributed by atoms with Gasteiger partial charge in [-0.25, -0.2) is 9.97 Å². The number of nitrogen functional groups attached to an aromatic ring is 1. The molecule has 4 aromatic rings. The smallest absolute Gasteiger partial charge is 0.159 e. The van der Waals surface area contributed by atoms with Gasteiger partial charge >= 0.3 is 0 Å². The predicted molar refractivity (Wildman–Crippen MR) is 106 cm³/mol. The average molecular weight is 363 g/mol. The van der Waals surface area contributed by atoms with Crippen molar-refractivity contribution in [2.45, 2.75) is 0 Å². The number of hydrogen-bond donors (Lipinski definition) is 3. The summed E-state index contributed by atoms with van der Waals surface area (Å²) in [6.45, 7) is 0. The monoisotopic (exact) mass is 362 g/mol. The Morgan fingerprint density at radius 3 is 2.38 bits per heavy atom. The molecule has 4 rings (SSSR count). The normalized spacial score (nSPS) is 10.7.